The minimum atomic E-state index is -0.357. The Bertz CT molecular complexity index is 351. The predicted molar refractivity (Wildman–Crippen MR) is 76.8 cm³/mol. The van der Waals surface area contributed by atoms with Crippen molar-refractivity contribution in [2.45, 2.75) is 70.3 Å². The van der Waals surface area contributed by atoms with Crippen molar-refractivity contribution in [3.63, 3.8) is 0 Å². The number of nitrogens with one attached hydrogen (secondary N) is 1. The van der Waals surface area contributed by atoms with Gasteiger partial charge in [0.05, 0.1) is 12.1 Å². The number of rotatable bonds is 4. The highest BCUT2D eigenvalue weighted by Crippen LogP contribution is 2.32. The van der Waals surface area contributed by atoms with E-state index in [2.05, 4.69) is 18.3 Å². The maximum atomic E-state index is 12.2. The third-order valence-electron chi connectivity index (χ3n) is 4.57. The summed E-state index contributed by atoms with van der Waals surface area (Å²) in [5.41, 5.74) is 0.921. The maximum Gasteiger partial charge on any atom is 0.224 e. The van der Waals surface area contributed by atoms with Crippen LogP contribution in [-0.2, 0) is 4.79 Å². The lowest BCUT2D eigenvalue weighted by Gasteiger charge is -2.39. The van der Waals surface area contributed by atoms with Crippen LogP contribution in [-0.4, -0.2) is 23.2 Å². The van der Waals surface area contributed by atoms with Crippen molar-refractivity contribution >= 4 is 5.91 Å². The fourth-order valence-electron chi connectivity index (χ4n) is 3.57. The third-order valence-corrected chi connectivity index (χ3v) is 4.57. The number of carbonyl (C=O) groups excluding carboxylic acids is 1. The van der Waals surface area contributed by atoms with Crippen LogP contribution < -0.4 is 5.32 Å². The molecule has 2 aliphatic carbocycles. The van der Waals surface area contributed by atoms with E-state index in [9.17, 15) is 9.90 Å². The van der Waals surface area contributed by atoms with E-state index in [1.54, 1.807) is 0 Å². The molecule has 0 spiro atoms. The van der Waals surface area contributed by atoms with E-state index >= 15 is 0 Å². The number of carbonyl (C=O) groups is 1. The van der Waals surface area contributed by atoms with Crippen LogP contribution in [0.25, 0.3) is 0 Å². The average Bonchev–Trinajstić information content (AvgIpc) is 2.39. The van der Waals surface area contributed by atoms with Crippen LogP contribution in [0.1, 0.15) is 64.7 Å². The summed E-state index contributed by atoms with van der Waals surface area (Å²) < 4.78 is 0. The summed E-state index contributed by atoms with van der Waals surface area (Å²) in [6.45, 7) is 2.28. The van der Waals surface area contributed by atoms with Crippen LogP contribution in [0.3, 0.4) is 0 Å². The van der Waals surface area contributed by atoms with E-state index in [1.807, 2.05) is 0 Å². The zero-order valence-electron chi connectivity index (χ0n) is 12.1. The van der Waals surface area contributed by atoms with Gasteiger partial charge in [-0.2, -0.15) is 0 Å². The summed E-state index contributed by atoms with van der Waals surface area (Å²) in [5, 5.41) is 12.8. The van der Waals surface area contributed by atoms with Crippen LogP contribution in [0, 0.1) is 5.92 Å². The van der Waals surface area contributed by atoms with Gasteiger partial charge in [-0.15, -0.1) is 0 Å². The molecule has 108 valence electrons. The quantitative estimate of drug-likeness (QED) is 0.768. The van der Waals surface area contributed by atoms with Gasteiger partial charge >= 0.3 is 0 Å². The SMILES string of the molecule is CC1CCCC(CO)(NC(=O)CC2=CCCCC2)C1. The molecule has 0 heterocycles. The molecule has 1 saturated carbocycles. The van der Waals surface area contributed by atoms with E-state index in [-0.39, 0.29) is 18.1 Å². The minimum absolute atomic E-state index is 0.0716. The van der Waals surface area contributed by atoms with Crippen LogP contribution in [0.5, 0.6) is 0 Å². The molecule has 2 rings (SSSR count). The number of hydrogen-bond acceptors (Lipinski definition) is 2. The Hall–Kier alpha value is -0.830. The van der Waals surface area contributed by atoms with Crippen LogP contribution in [0.4, 0.5) is 0 Å². The lowest BCUT2D eigenvalue weighted by Crippen LogP contribution is -2.53. The highest BCUT2D eigenvalue weighted by atomic mass is 16.3. The van der Waals surface area contributed by atoms with Gasteiger partial charge in [-0.1, -0.05) is 31.4 Å². The number of aliphatic hydroxyl groups is 1. The Morgan fingerprint density at radius 1 is 1.47 bits per heavy atom. The number of amides is 1. The first-order chi connectivity index (χ1) is 9.13. The molecule has 2 N–H and O–H groups in total. The smallest absolute Gasteiger partial charge is 0.224 e. The molecular formula is C16H27NO2. The Kier molecular flexibility index (Phi) is 5.03. The second-order valence-corrected chi connectivity index (χ2v) is 6.47. The summed E-state index contributed by atoms with van der Waals surface area (Å²) in [6, 6.07) is 0. The Labute approximate surface area is 116 Å². The van der Waals surface area contributed by atoms with E-state index in [0.717, 1.165) is 32.1 Å². The summed E-state index contributed by atoms with van der Waals surface area (Å²) >= 11 is 0. The molecule has 2 atom stereocenters. The first-order valence-electron chi connectivity index (χ1n) is 7.73. The molecule has 0 aromatic rings. The van der Waals surface area contributed by atoms with Gasteiger partial charge in [-0.25, -0.2) is 0 Å². The van der Waals surface area contributed by atoms with Gasteiger partial charge < -0.3 is 10.4 Å². The van der Waals surface area contributed by atoms with Crippen LogP contribution >= 0.6 is 0 Å². The average molecular weight is 265 g/mol. The second-order valence-electron chi connectivity index (χ2n) is 6.47. The van der Waals surface area contributed by atoms with Gasteiger partial charge in [0.25, 0.3) is 0 Å². The first-order valence-corrected chi connectivity index (χ1v) is 7.73. The molecule has 3 heteroatoms. The van der Waals surface area contributed by atoms with Crippen LogP contribution in [0.2, 0.25) is 0 Å². The topological polar surface area (TPSA) is 49.3 Å². The highest BCUT2D eigenvalue weighted by molar-refractivity contribution is 5.79. The van der Waals surface area contributed by atoms with Crippen molar-refractivity contribution in [2.24, 2.45) is 5.92 Å². The molecule has 0 aromatic heterocycles. The van der Waals surface area contributed by atoms with Gasteiger partial charge in [-0.3, -0.25) is 4.79 Å². The summed E-state index contributed by atoms with van der Waals surface area (Å²) in [7, 11) is 0. The maximum absolute atomic E-state index is 12.2. The van der Waals surface area contributed by atoms with Gasteiger partial charge in [0.15, 0.2) is 0 Å². The number of aliphatic hydroxyl groups excluding tert-OH is 1. The molecule has 19 heavy (non-hydrogen) atoms. The Balaban J connectivity index is 1.90. The molecule has 0 saturated heterocycles. The lowest BCUT2D eigenvalue weighted by atomic mass is 9.76. The van der Waals surface area contributed by atoms with E-state index in [1.165, 1.54) is 24.8 Å². The van der Waals surface area contributed by atoms with E-state index in [0.29, 0.717) is 12.3 Å². The molecule has 1 fully saturated rings. The van der Waals surface area contributed by atoms with Crippen LogP contribution in [0.15, 0.2) is 11.6 Å². The molecule has 2 unspecified atom stereocenters. The Morgan fingerprint density at radius 2 is 2.32 bits per heavy atom. The van der Waals surface area contributed by atoms with E-state index < -0.39 is 0 Å². The molecule has 3 nitrogen and oxygen atoms in total. The number of hydrogen-bond donors (Lipinski definition) is 2. The monoisotopic (exact) mass is 265 g/mol. The zero-order valence-corrected chi connectivity index (χ0v) is 12.1. The summed E-state index contributed by atoms with van der Waals surface area (Å²) in [6.07, 6.45) is 11.5. The van der Waals surface area contributed by atoms with Crippen molar-refractivity contribution < 1.29 is 9.90 Å². The number of allylic oxidation sites excluding steroid dienone is 1. The largest absolute Gasteiger partial charge is 0.394 e. The van der Waals surface area contributed by atoms with Gasteiger partial charge in [0.1, 0.15) is 0 Å². The summed E-state index contributed by atoms with van der Waals surface area (Å²) in [5.74, 6) is 0.686. The van der Waals surface area contributed by atoms with Crippen molar-refractivity contribution in [1.82, 2.24) is 5.32 Å². The highest BCUT2D eigenvalue weighted by Gasteiger charge is 2.35. The molecule has 0 bridgehead atoms. The molecule has 2 aliphatic rings. The van der Waals surface area contributed by atoms with Crippen molar-refractivity contribution in [3.8, 4) is 0 Å². The molecule has 1 amide bonds. The standard InChI is InChI=1S/C16H27NO2/c1-13-6-5-9-16(11-13,12-18)17-15(19)10-14-7-3-2-4-8-14/h7,13,18H,2-6,8-12H2,1H3,(H,17,19). The van der Waals surface area contributed by atoms with Gasteiger partial charge in [-0.05, 0) is 44.4 Å². The first kappa shape index (κ1) is 14.6. The molecular weight excluding hydrogens is 238 g/mol. The van der Waals surface area contributed by atoms with Crippen molar-refractivity contribution in [3.05, 3.63) is 11.6 Å². The summed E-state index contributed by atoms with van der Waals surface area (Å²) in [4.78, 5) is 12.2. The Morgan fingerprint density at radius 3 is 2.95 bits per heavy atom. The minimum Gasteiger partial charge on any atom is -0.394 e. The fraction of sp³-hybridized carbons (Fsp3) is 0.812. The predicted octanol–water partition coefficient (Wildman–Crippen LogP) is 2.93. The third kappa shape index (κ3) is 4.07. The molecule has 0 radical (unpaired) electrons. The lowest BCUT2D eigenvalue weighted by molar-refractivity contribution is -0.123. The van der Waals surface area contributed by atoms with Crippen molar-refractivity contribution in [1.29, 1.82) is 0 Å². The molecule has 0 aliphatic heterocycles. The van der Waals surface area contributed by atoms with Crippen molar-refractivity contribution in [2.75, 3.05) is 6.61 Å². The van der Waals surface area contributed by atoms with Gasteiger partial charge in [0.2, 0.25) is 5.91 Å². The van der Waals surface area contributed by atoms with E-state index in [4.69, 9.17) is 0 Å². The normalized spacial score (nSPS) is 31.7. The second kappa shape index (κ2) is 6.56. The van der Waals surface area contributed by atoms with Gasteiger partial charge in [0, 0.05) is 6.42 Å². The fourth-order valence-corrected chi connectivity index (χ4v) is 3.57. The molecule has 0 aromatic carbocycles. The zero-order chi connectivity index (χ0) is 13.7.